The molecule has 0 saturated carbocycles. The molecule has 17 heavy (non-hydrogen) atoms. The van der Waals surface area contributed by atoms with Crippen LogP contribution in [-0.2, 0) is 24.6 Å². The van der Waals surface area contributed by atoms with Crippen molar-refractivity contribution in [2.45, 2.75) is 18.4 Å². The molecule has 0 radical (unpaired) electrons. The van der Waals surface area contributed by atoms with Crippen LogP contribution < -0.4 is 4.72 Å². The van der Waals surface area contributed by atoms with Crippen LogP contribution in [0.3, 0.4) is 0 Å². The Hall–Kier alpha value is 0.110. The summed E-state index contributed by atoms with van der Waals surface area (Å²) in [5, 5.41) is -0.917. The summed E-state index contributed by atoms with van der Waals surface area (Å²) < 4.78 is 52.9. The van der Waals surface area contributed by atoms with Crippen molar-refractivity contribution in [3.63, 3.8) is 0 Å². The number of rotatable bonds is 5. The SMILES string of the molecule is CS(=O)(=O)CS(=O)(=O)NC1(CCl)CCOCC1. The van der Waals surface area contributed by atoms with E-state index in [1.807, 2.05) is 0 Å². The highest BCUT2D eigenvalue weighted by atomic mass is 35.5. The van der Waals surface area contributed by atoms with Gasteiger partial charge in [0.25, 0.3) is 0 Å². The van der Waals surface area contributed by atoms with Crippen molar-refractivity contribution in [3.05, 3.63) is 0 Å². The lowest BCUT2D eigenvalue weighted by Gasteiger charge is -2.35. The van der Waals surface area contributed by atoms with Crippen molar-refractivity contribution >= 4 is 31.5 Å². The Morgan fingerprint density at radius 1 is 1.24 bits per heavy atom. The smallest absolute Gasteiger partial charge is 0.226 e. The number of alkyl halides is 1. The molecule has 0 aromatic carbocycles. The van der Waals surface area contributed by atoms with Crippen molar-refractivity contribution < 1.29 is 21.6 Å². The van der Waals surface area contributed by atoms with Gasteiger partial charge < -0.3 is 4.74 Å². The maximum atomic E-state index is 11.7. The molecular formula is C8H16ClNO5S2. The first-order valence-corrected chi connectivity index (χ1v) is 9.26. The van der Waals surface area contributed by atoms with Crippen molar-refractivity contribution in [3.8, 4) is 0 Å². The Kier molecular flexibility index (Phi) is 4.81. The third-order valence-electron chi connectivity index (χ3n) is 2.45. The van der Waals surface area contributed by atoms with Crippen LogP contribution in [0.1, 0.15) is 12.8 Å². The third-order valence-corrected chi connectivity index (χ3v) is 6.66. The number of hydrogen-bond donors (Lipinski definition) is 1. The minimum absolute atomic E-state index is 0.0966. The molecule has 1 aliphatic heterocycles. The van der Waals surface area contributed by atoms with Gasteiger partial charge in [0.15, 0.2) is 14.9 Å². The summed E-state index contributed by atoms with van der Waals surface area (Å²) >= 11 is 5.78. The molecule has 102 valence electrons. The molecule has 0 atom stereocenters. The number of nitrogens with one attached hydrogen (secondary N) is 1. The number of hydrogen-bond acceptors (Lipinski definition) is 5. The molecule has 0 aromatic rings. The first kappa shape index (κ1) is 15.2. The maximum absolute atomic E-state index is 11.7. The summed E-state index contributed by atoms with van der Waals surface area (Å²) in [5.41, 5.74) is -0.788. The van der Waals surface area contributed by atoms with E-state index in [1.165, 1.54) is 0 Å². The fraction of sp³-hybridized carbons (Fsp3) is 1.00. The van der Waals surface area contributed by atoms with Gasteiger partial charge in [-0.15, -0.1) is 11.6 Å². The first-order valence-electron chi connectivity index (χ1n) is 5.01. The molecule has 0 unspecified atom stereocenters. The molecule has 1 heterocycles. The van der Waals surface area contributed by atoms with Gasteiger partial charge in [0, 0.05) is 25.3 Å². The third kappa shape index (κ3) is 5.09. The van der Waals surface area contributed by atoms with E-state index in [2.05, 4.69) is 4.72 Å². The van der Waals surface area contributed by atoms with Gasteiger partial charge in [-0.05, 0) is 12.8 Å². The van der Waals surface area contributed by atoms with Gasteiger partial charge in [0.1, 0.15) is 0 Å². The van der Waals surface area contributed by atoms with E-state index < -0.39 is 30.5 Å². The summed E-state index contributed by atoms with van der Waals surface area (Å²) in [6.45, 7) is 0.822. The predicted octanol–water partition coefficient (Wildman–Crippen LogP) is -0.304. The molecule has 1 saturated heterocycles. The van der Waals surface area contributed by atoms with Gasteiger partial charge in [0.2, 0.25) is 10.0 Å². The number of ether oxygens (including phenoxy) is 1. The Labute approximate surface area is 107 Å². The molecule has 6 nitrogen and oxygen atoms in total. The molecule has 1 aliphatic rings. The van der Waals surface area contributed by atoms with E-state index in [4.69, 9.17) is 16.3 Å². The van der Waals surface area contributed by atoms with Crippen LogP contribution in [0, 0.1) is 0 Å². The zero-order chi connectivity index (χ0) is 13.2. The van der Waals surface area contributed by atoms with Gasteiger partial charge in [-0.3, -0.25) is 0 Å². The Balaban J connectivity index is 2.80. The number of sulfone groups is 1. The molecule has 1 rings (SSSR count). The lowest BCUT2D eigenvalue weighted by atomic mass is 9.94. The van der Waals surface area contributed by atoms with Gasteiger partial charge in [-0.1, -0.05) is 0 Å². The number of sulfonamides is 1. The number of halogens is 1. The van der Waals surface area contributed by atoms with Crippen LogP contribution in [0.15, 0.2) is 0 Å². The standard InChI is InChI=1S/C8H16ClNO5S2/c1-16(11,12)7-17(13,14)10-8(6-9)2-4-15-5-3-8/h10H,2-7H2,1H3. The van der Waals surface area contributed by atoms with Gasteiger partial charge in [0.05, 0.1) is 5.54 Å². The van der Waals surface area contributed by atoms with Gasteiger partial charge >= 0.3 is 0 Å². The monoisotopic (exact) mass is 305 g/mol. The molecule has 0 aliphatic carbocycles. The lowest BCUT2D eigenvalue weighted by molar-refractivity contribution is 0.0549. The van der Waals surface area contributed by atoms with Crippen LogP contribution >= 0.6 is 11.6 Å². The highest BCUT2D eigenvalue weighted by molar-refractivity contribution is 8.06. The van der Waals surface area contributed by atoms with Gasteiger partial charge in [-0.2, -0.15) is 0 Å². The second-order valence-corrected chi connectivity index (χ2v) is 8.78. The molecule has 0 bridgehead atoms. The highest BCUT2D eigenvalue weighted by Crippen LogP contribution is 2.23. The van der Waals surface area contributed by atoms with Crippen molar-refractivity contribution in [1.82, 2.24) is 4.72 Å². The summed E-state index contributed by atoms with van der Waals surface area (Å²) in [7, 11) is -7.48. The lowest BCUT2D eigenvalue weighted by Crippen LogP contribution is -2.54. The maximum Gasteiger partial charge on any atom is 0.226 e. The molecule has 0 spiro atoms. The fourth-order valence-corrected chi connectivity index (χ4v) is 5.51. The Bertz CT molecular complexity index is 452. The van der Waals surface area contributed by atoms with Crippen molar-refractivity contribution in [2.24, 2.45) is 0 Å². The Morgan fingerprint density at radius 2 is 1.76 bits per heavy atom. The fourth-order valence-electron chi connectivity index (χ4n) is 1.67. The van der Waals surface area contributed by atoms with E-state index in [0.29, 0.717) is 26.1 Å². The molecule has 0 amide bonds. The second-order valence-electron chi connectivity index (χ2n) is 4.29. The van der Waals surface area contributed by atoms with E-state index in [9.17, 15) is 16.8 Å². The zero-order valence-electron chi connectivity index (χ0n) is 9.48. The van der Waals surface area contributed by atoms with E-state index >= 15 is 0 Å². The molecule has 0 aromatic heterocycles. The minimum Gasteiger partial charge on any atom is -0.381 e. The average molecular weight is 306 g/mol. The first-order chi connectivity index (χ1) is 7.68. The molecule has 1 fully saturated rings. The van der Waals surface area contributed by atoms with Crippen LogP contribution in [0.25, 0.3) is 0 Å². The van der Waals surface area contributed by atoms with Gasteiger partial charge in [-0.25, -0.2) is 21.6 Å². The largest absolute Gasteiger partial charge is 0.381 e. The quantitative estimate of drug-likeness (QED) is 0.704. The zero-order valence-corrected chi connectivity index (χ0v) is 11.9. The van der Waals surface area contributed by atoms with Crippen LogP contribution in [0.4, 0.5) is 0 Å². The molecule has 1 N–H and O–H groups in total. The minimum atomic E-state index is -3.89. The molecular weight excluding hydrogens is 290 g/mol. The van der Waals surface area contributed by atoms with Crippen molar-refractivity contribution in [1.29, 1.82) is 0 Å². The van der Waals surface area contributed by atoms with E-state index in [1.54, 1.807) is 0 Å². The summed E-state index contributed by atoms with van der Waals surface area (Å²) in [6, 6.07) is 0. The van der Waals surface area contributed by atoms with E-state index in [-0.39, 0.29) is 5.88 Å². The average Bonchev–Trinajstić information content (AvgIpc) is 2.14. The summed E-state index contributed by atoms with van der Waals surface area (Å²) in [4.78, 5) is 0. The summed E-state index contributed by atoms with van der Waals surface area (Å²) in [5.74, 6) is 0.0966. The summed E-state index contributed by atoms with van der Waals surface area (Å²) in [6.07, 6.45) is 1.77. The highest BCUT2D eigenvalue weighted by Gasteiger charge is 2.36. The van der Waals surface area contributed by atoms with Crippen LogP contribution in [0.2, 0.25) is 0 Å². The van der Waals surface area contributed by atoms with Crippen LogP contribution in [-0.4, -0.2) is 52.8 Å². The normalized spacial score (nSPS) is 21.3. The predicted molar refractivity (Wildman–Crippen MR) is 65.3 cm³/mol. The van der Waals surface area contributed by atoms with Crippen LogP contribution in [0.5, 0.6) is 0 Å². The Morgan fingerprint density at radius 3 is 2.18 bits per heavy atom. The molecule has 9 heteroatoms. The second kappa shape index (κ2) is 5.40. The topological polar surface area (TPSA) is 89.5 Å². The van der Waals surface area contributed by atoms with E-state index in [0.717, 1.165) is 6.26 Å². The van der Waals surface area contributed by atoms with Crippen molar-refractivity contribution in [2.75, 3.05) is 30.4 Å².